The topological polar surface area (TPSA) is 44.4 Å². The van der Waals surface area contributed by atoms with E-state index in [1.165, 1.54) is 25.7 Å². The molecule has 0 spiro atoms. The minimum atomic E-state index is 0.217. The maximum Gasteiger partial charge on any atom is 0.234 e. The van der Waals surface area contributed by atoms with Gasteiger partial charge in [0.25, 0.3) is 0 Å². The molecule has 20 heavy (non-hydrogen) atoms. The van der Waals surface area contributed by atoms with Crippen LogP contribution < -0.4 is 10.6 Å². The van der Waals surface area contributed by atoms with E-state index >= 15 is 0 Å². The Kier molecular flexibility index (Phi) is 4.32. The molecule has 2 bridgehead atoms. The highest BCUT2D eigenvalue weighted by Gasteiger charge is 2.42. The Morgan fingerprint density at radius 1 is 1.40 bits per heavy atom. The van der Waals surface area contributed by atoms with Crippen LogP contribution in [0.25, 0.3) is 0 Å². The molecule has 3 rings (SSSR count). The van der Waals surface area contributed by atoms with E-state index in [4.69, 9.17) is 0 Å². The molecule has 2 aliphatic carbocycles. The van der Waals surface area contributed by atoms with Gasteiger partial charge in [0, 0.05) is 31.7 Å². The smallest absolute Gasteiger partial charge is 0.234 e. The van der Waals surface area contributed by atoms with Crippen molar-refractivity contribution in [2.24, 2.45) is 17.8 Å². The molecule has 5 atom stereocenters. The first-order valence-electron chi connectivity index (χ1n) is 8.37. The number of piperazine rings is 1. The number of fused-ring (bicyclic) bond motifs is 2. The molecule has 0 aromatic carbocycles. The summed E-state index contributed by atoms with van der Waals surface area (Å²) in [6, 6.07) is 0.859. The zero-order chi connectivity index (χ0) is 14.1. The van der Waals surface area contributed by atoms with Crippen molar-refractivity contribution in [3.05, 3.63) is 0 Å². The van der Waals surface area contributed by atoms with Crippen LogP contribution in [0.1, 0.15) is 39.5 Å². The zero-order valence-electron chi connectivity index (χ0n) is 12.9. The fourth-order valence-electron chi connectivity index (χ4n) is 4.67. The number of hydrogen-bond acceptors (Lipinski definition) is 3. The molecule has 0 aromatic heterocycles. The molecule has 1 aliphatic heterocycles. The molecule has 3 aliphatic rings. The van der Waals surface area contributed by atoms with Gasteiger partial charge in [0.05, 0.1) is 6.54 Å². The van der Waals surface area contributed by atoms with Crippen LogP contribution in [0.2, 0.25) is 0 Å². The fraction of sp³-hybridized carbons (Fsp3) is 0.938. The number of hydrogen-bond donors (Lipinski definition) is 2. The second-order valence-corrected chi connectivity index (χ2v) is 7.29. The normalized spacial score (nSPS) is 38.9. The fourth-order valence-corrected chi connectivity index (χ4v) is 4.67. The lowest BCUT2D eigenvalue weighted by molar-refractivity contribution is -0.123. The summed E-state index contributed by atoms with van der Waals surface area (Å²) in [5.74, 6) is 2.79. The van der Waals surface area contributed by atoms with Gasteiger partial charge in [0.15, 0.2) is 0 Å². The highest BCUT2D eigenvalue weighted by Crippen LogP contribution is 2.49. The molecule has 2 saturated carbocycles. The molecule has 1 heterocycles. The third-order valence-corrected chi connectivity index (χ3v) is 5.64. The van der Waals surface area contributed by atoms with Gasteiger partial charge < -0.3 is 10.6 Å². The van der Waals surface area contributed by atoms with E-state index in [1.807, 2.05) is 0 Å². The highest BCUT2D eigenvalue weighted by molar-refractivity contribution is 5.78. The van der Waals surface area contributed by atoms with Gasteiger partial charge in [-0.25, -0.2) is 0 Å². The molecule has 0 radical (unpaired) electrons. The third-order valence-electron chi connectivity index (χ3n) is 5.64. The molecule has 1 saturated heterocycles. The molecule has 4 nitrogen and oxygen atoms in total. The van der Waals surface area contributed by atoms with Crippen molar-refractivity contribution in [3.8, 4) is 0 Å². The van der Waals surface area contributed by atoms with E-state index in [9.17, 15) is 4.79 Å². The van der Waals surface area contributed by atoms with Crippen LogP contribution in [0.3, 0.4) is 0 Å². The Bertz CT molecular complexity index is 360. The van der Waals surface area contributed by atoms with Gasteiger partial charge in [-0.3, -0.25) is 9.69 Å². The SMILES string of the molecule is CC(NC(=O)CN1CCN[C@@H](C)C1)C1CC2CCC1C2. The Morgan fingerprint density at radius 2 is 2.25 bits per heavy atom. The summed E-state index contributed by atoms with van der Waals surface area (Å²) >= 11 is 0. The van der Waals surface area contributed by atoms with E-state index in [2.05, 4.69) is 29.4 Å². The average molecular weight is 279 g/mol. The Labute approximate surface area is 122 Å². The largest absolute Gasteiger partial charge is 0.352 e. The summed E-state index contributed by atoms with van der Waals surface area (Å²) in [5.41, 5.74) is 0. The van der Waals surface area contributed by atoms with Gasteiger partial charge in [0.1, 0.15) is 0 Å². The van der Waals surface area contributed by atoms with Gasteiger partial charge >= 0.3 is 0 Å². The van der Waals surface area contributed by atoms with Crippen LogP contribution in [0, 0.1) is 17.8 Å². The Morgan fingerprint density at radius 3 is 2.90 bits per heavy atom. The van der Waals surface area contributed by atoms with Crippen molar-refractivity contribution in [1.82, 2.24) is 15.5 Å². The second-order valence-electron chi connectivity index (χ2n) is 7.29. The van der Waals surface area contributed by atoms with Crippen LogP contribution in [0.4, 0.5) is 0 Å². The van der Waals surface area contributed by atoms with Crippen LogP contribution in [0.15, 0.2) is 0 Å². The van der Waals surface area contributed by atoms with Crippen molar-refractivity contribution in [2.75, 3.05) is 26.2 Å². The maximum atomic E-state index is 12.2. The predicted octanol–water partition coefficient (Wildman–Crippen LogP) is 1.22. The van der Waals surface area contributed by atoms with E-state index in [-0.39, 0.29) is 5.91 Å². The molecule has 114 valence electrons. The predicted molar refractivity (Wildman–Crippen MR) is 80.4 cm³/mol. The first kappa shape index (κ1) is 14.3. The Balaban J connectivity index is 1.44. The zero-order valence-corrected chi connectivity index (χ0v) is 12.9. The lowest BCUT2D eigenvalue weighted by atomic mass is 9.84. The maximum absolute atomic E-state index is 12.2. The van der Waals surface area contributed by atoms with Crippen molar-refractivity contribution in [2.45, 2.75) is 51.6 Å². The molecule has 3 fully saturated rings. The quantitative estimate of drug-likeness (QED) is 0.813. The molecule has 4 heteroatoms. The molecule has 2 N–H and O–H groups in total. The summed E-state index contributed by atoms with van der Waals surface area (Å²) in [5, 5.41) is 6.68. The van der Waals surface area contributed by atoms with Crippen molar-refractivity contribution in [3.63, 3.8) is 0 Å². The van der Waals surface area contributed by atoms with Crippen LogP contribution in [-0.2, 0) is 4.79 Å². The number of rotatable bonds is 4. The average Bonchev–Trinajstić information content (AvgIpc) is 3.00. The first-order valence-corrected chi connectivity index (χ1v) is 8.37. The third kappa shape index (κ3) is 3.17. The van der Waals surface area contributed by atoms with Gasteiger partial charge in [-0.05, 0) is 50.9 Å². The number of nitrogens with one attached hydrogen (secondary N) is 2. The molecule has 0 aromatic rings. The number of nitrogens with zero attached hydrogens (tertiary/aromatic N) is 1. The molecular formula is C16H29N3O. The van der Waals surface area contributed by atoms with Crippen molar-refractivity contribution < 1.29 is 4.79 Å². The van der Waals surface area contributed by atoms with Crippen LogP contribution in [-0.4, -0.2) is 49.1 Å². The van der Waals surface area contributed by atoms with Crippen LogP contribution in [0.5, 0.6) is 0 Å². The minimum absolute atomic E-state index is 0.217. The van der Waals surface area contributed by atoms with Gasteiger partial charge in [0.2, 0.25) is 5.91 Å². The summed E-state index contributed by atoms with van der Waals surface area (Å²) < 4.78 is 0. The number of carbonyl (C=O) groups is 1. The van der Waals surface area contributed by atoms with E-state index in [0.717, 1.165) is 37.4 Å². The van der Waals surface area contributed by atoms with Gasteiger partial charge in [-0.15, -0.1) is 0 Å². The van der Waals surface area contributed by atoms with Gasteiger partial charge in [-0.1, -0.05) is 6.42 Å². The molecule has 4 unspecified atom stereocenters. The lowest BCUT2D eigenvalue weighted by Crippen LogP contribution is -2.53. The van der Waals surface area contributed by atoms with E-state index < -0.39 is 0 Å². The van der Waals surface area contributed by atoms with Crippen LogP contribution >= 0.6 is 0 Å². The van der Waals surface area contributed by atoms with E-state index in [0.29, 0.717) is 18.6 Å². The van der Waals surface area contributed by atoms with Crippen molar-refractivity contribution >= 4 is 5.91 Å². The summed E-state index contributed by atoms with van der Waals surface area (Å²) in [6.45, 7) is 7.93. The standard InChI is InChI=1S/C16H29N3O/c1-11-9-19(6-5-17-11)10-16(20)18-12(2)15-8-13-3-4-14(15)7-13/h11-15,17H,3-10H2,1-2H3,(H,18,20)/t11-,12?,13?,14?,15?/m0/s1. The highest BCUT2D eigenvalue weighted by atomic mass is 16.2. The van der Waals surface area contributed by atoms with E-state index in [1.54, 1.807) is 0 Å². The first-order chi connectivity index (χ1) is 9.61. The minimum Gasteiger partial charge on any atom is -0.352 e. The van der Waals surface area contributed by atoms with Crippen molar-refractivity contribution in [1.29, 1.82) is 0 Å². The number of amides is 1. The summed E-state index contributed by atoms with van der Waals surface area (Å²) in [6.07, 6.45) is 5.59. The summed E-state index contributed by atoms with van der Waals surface area (Å²) in [7, 11) is 0. The molecule has 1 amide bonds. The molecular weight excluding hydrogens is 250 g/mol. The Hall–Kier alpha value is -0.610. The summed E-state index contributed by atoms with van der Waals surface area (Å²) in [4.78, 5) is 14.5. The monoisotopic (exact) mass is 279 g/mol. The lowest BCUT2D eigenvalue weighted by Gasteiger charge is -2.33. The van der Waals surface area contributed by atoms with Gasteiger partial charge in [-0.2, -0.15) is 0 Å². The second kappa shape index (κ2) is 6.02. The number of carbonyl (C=O) groups excluding carboxylic acids is 1.